The molecule has 1 fully saturated rings. The SMILES string of the molecule is Cc1ccc(S(=O)(=O)NC2CCCCC2NCCCC2=CCC=CC2)cc1. The maximum atomic E-state index is 12.7. The smallest absolute Gasteiger partial charge is 0.240 e. The predicted octanol–water partition coefficient (Wildman–Crippen LogP) is 4.23. The summed E-state index contributed by atoms with van der Waals surface area (Å²) in [7, 11) is -3.46. The Hall–Kier alpha value is -1.43. The summed E-state index contributed by atoms with van der Waals surface area (Å²) in [6.07, 6.45) is 15.4. The van der Waals surface area contributed by atoms with Gasteiger partial charge in [-0.3, -0.25) is 0 Å². The lowest BCUT2D eigenvalue weighted by atomic mass is 9.91. The molecule has 2 atom stereocenters. The van der Waals surface area contributed by atoms with Gasteiger partial charge in [0.05, 0.1) is 4.90 Å². The van der Waals surface area contributed by atoms with Crippen molar-refractivity contribution in [2.75, 3.05) is 6.54 Å². The van der Waals surface area contributed by atoms with Crippen LogP contribution in [0.3, 0.4) is 0 Å². The average molecular weight is 389 g/mol. The molecule has 0 saturated heterocycles. The Labute approximate surface area is 164 Å². The minimum atomic E-state index is -3.46. The molecule has 2 aliphatic rings. The third kappa shape index (κ3) is 6.03. The Morgan fingerprint density at radius 3 is 2.48 bits per heavy atom. The highest BCUT2D eigenvalue weighted by Crippen LogP contribution is 2.22. The Morgan fingerprint density at radius 1 is 1.04 bits per heavy atom. The third-order valence-electron chi connectivity index (χ3n) is 5.57. The molecule has 0 radical (unpaired) electrons. The first kappa shape index (κ1) is 20.3. The molecule has 148 valence electrons. The van der Waals surface area contributed by atoms with E-state index in [2.05, 4.69) is 28.3 Å². The highest BCUT2D eigenvalue weighted by molar-refractivity contribution is 7.89. The first-order valence-corrected chi connectivity index (χ1v) is 11.7. The minimum Gasteiger partial charge on any atom is -0.312 e. The van der Waals surface area contributed by atoms with Crippen molar-refractivity contribution in [1.29, 1.82) is 0 Å². The van der Waals surface area contributed by atoms with E-state index in [-0.39, 0.29) is 12.1 Å². The summed E-state index contributed by atoms with van der Waals surface area (Å²) < 4.78 is 28.4. The Balaban J connectivity index is 1.52. The zero-order valence-corrected chi connectivity index (χ0v) is 17.1. The number of rotatable bonds is 8. The maximum Gasteiger partial charge on any atom is 0.240 e. The summed E-state index contributed by atoms with van der Waals surface area (Å²) in [6.45, 7) is 2.90. The van der Waals surface area contributed by atoms with Gasteiger partial charge in [0.15, 0.2) is 0 Å². The molecule has 1 aromatic carbocycles. The molecule has 2 unspecified atom stereocenters. The summed E-state index contributed by atoms with van der Waals surface area (Å²) in [5, 5.41) is 3.62. The van der Waals surface area contributed by atoms with Gasteiger partial charge in [-0.1, -0.05) is 54.3 Å². The van der Waals surface area contributed by atoms with Crippen molar-refractivity contribution in [3.63, 3.8) is 0 Å². The second kappa shape index (κ2) is 9.67. The van der Waals surface area contributed by atoms with Gasteiger partial charge in [0.2, 0.25) is 10.0 Å². The first-order valence-electron chi connectivity index (χ1n) is 10.2. The van der Waals surface area contributed by atoms with E-state index in [9.17, 15) is 8.42 Å². The van der Waals surface area contributed by atoms with E-state index < -0.39 is 10.0 Å². The fraction of sp³-hybridized carbons (Fsp3) is 0.545. The van der Waals surface area contributed by atoms with E-state index in [0.717, 1.165) is 63.5 Å². The maximum absolute atomic E-state index is 12.7. The van der Waals surface area contributed by atoms with Crippen LogP contribution in [0, 0.1) is 6.92 Å². The van der Waals surface area contributed by atoms with E-state index >= 15 is 0 Å². The molecule has 0 aliphatic heterocycles. The van der Waals surface area contributed by atoms with Crippen LogP contribution < -0.4 is 10.0 Å². The zero-order valence-electron chi connectivity index (χ0n) is 16.3. The molecule has 3 rings (SSSR count). The lowest BCUT2D eigenvalue weighted by Gasteiger charge is -2.33. The van der Waals surface area contributed by atoms with Crippen LogP contribution in [0.5, 0.6) is 0 Å². The van der Waals surface area contributed by atoms with E-state index in [1.165, 1.54) is 5.57 Å². The number of sulfonamides is 1. The molecule has 2 aliphatic carbocycles. The summed E-state index contributed by atoms with van der Waals surface area (Å²) in [4.78, 5) is 0.356. The number of allylic oxidation sites excluding steroid dienone is 4. The molecule has 4 nitrogen and oxygen atoms in total. The van der Waals surface area contributed by atoms with Crippen molar-refractivity contribution in [2.45, 2.75) is 75.3 Å². The van der Waals surface area contributed by atoms with Crippen LogP contribution in [-0.2, 0) is 10.0 Å². The monoisotopic (exact) mass is 388 g/mol. The van der Waals surface area contributed by atoms with Gasteiger partial charge in [0, 0.05) is 12.1 Å². The van der Waals surface area contributed by atoms with Gasteiger partial charge >= 0.3 is 0 Å². The van der Waals surface area contributed by atoms with Crippen LogP contribution in [0.1, 0.15) is 56.9 Å². The van der Waals surface area contributed by atoms with Crippen LogP contribution >= 0.6 is 0 Å². The van der Waals surface area contributed by atoms with Crippen LogP contribution in [0.2, 0.25) is 0 Å². The van der Waals surface area contributed by atoms with E-state index in [1.807, 2.05) is 19.1 Å². The van der Waals surface area contributed by atoms with Crippen molar-refractivity contribution in [3.05, 3.63) is 53.6 Å². The fourth-order valence-electron chi connectivity index (χ4n) is 3.96. The minimum absolute atomic E-state index is 0.0260. The Morgan fingerprint density at radius 2 is 1.78 bits per heavy atom. The quantitative estimate of drug-likeness (QED) is 0.517. The third-order valence-corrected chi connectivity index (χ3v) is 7.08. The number of hydrogen-bond acceptors (Lipinski definition) is 3. The summed E-state index contributed by atoms with van der Waals surface area (Å²) in [5.41, 5.74) is 2.59. The number of hydrogen-bond donors (Lipinski definition) is 2. The summed E-state index contributed by atoms with van der Waals surface area (Å²) >= 11 is 0. The molecule has 2 N–H and O–H groups in total. The average Bonchev–Trinajstić information content (AvgIpc) is 2.67. The van der Waals surface area contributed by atoms with E-state index in [4.69, 9.17) is 0 Å². The normalized spacial score (nSPS) is 23.2. The molecule has 0 aromatic heterocycles. The predicted molar refractivity (Wildman–Crippen MR) is 111 cm³/mol. The second-order valence-corrected chi connectivity index (χ2v) is 9.48. The fourth-order valence-corrected chi connectivity index (χ4v) is 5.27. The molecule has 27 heavy (non-hydrogen) atoms. The highest BCUT2D eigenvalue weighted by atomic mass is 32.2. The molecule has 0 bridgehead atoms. The van der Waals surface area contributed by atoms with E-state index in [0.29, 0.717) is 4.90 Å². The van der Waals surface area contributed by atoms with Gasteiger partial charge in [0.25, 0.3) is 0 Å². The second-order valence-electron chi connectivity index (χ2n) is 7.76. The van der Waals surface area contributed by atoms with E-state index in [1.54, 1.807) is 12.1 Å². The standard InChI is InChI=1S/C22H32N2O2S/c1-18-13-15-20(16-14-18)27(25,26)24-22-12-6-5-11-21(22)23-17-7-10-19-8-3-2-4-9-19/h2-3,9,13-16,21-24H,4-8,10-12,17H2,1H3. The summed E-state index contributed by atoms with van der Waals surface area (Å²) in [5.74, 6) is 0. The molecule has 0 heterocycles. The van der Waals surface area contributed by atoms with Crippen molar-refractivity contribution in [1.82, 2.24) is 10.0 Å². The van der Waals surface area contributed by atoms with Gasteiger partial charge in [-0.2, -0.15) is 0 Å². The Bertz CT molecular complexity index is 766. The molecule has 1 saturated carbocycles. The lowest BCUT2D eigenvalue weighted by Crippen LogP contribution is -2.51. The molecular formula is C22H32N2O2S. The van der Waals surface area contributed by atoms with Gasteiger partial charge in [-0.25, -0.2) is 13.1 Å². The lowest BCUT2D eigenvalue weighted by molar-refractivity contribution is 0.309. The van der Waals surface area contributed by atoms with Crippen molar-refractivity contribution in [2.24, 2.45) is 0 Å². The first-order chi connectivity index (χ1) is 13.0. The van der Waals surface area contributed by atoms with Crippen molar-refractivity contribution < 1.29 is 8.42 Å². The summed E-state index contributed by atoms with van der Waals surface area (Å²) in [6, 6.07) is 7.27. The Kier molecular flexibility index (Phi) is 7.27. The van der Waals surface area contributed by atoms with Crippen LogP contribution in [-0.4, -0.2) is 27.0 Å². The van der Waals surface area contributed by atoms with Crippen LogP contribution in [0.4, 0.5) is 0 Å². The highest BCUT2D eigenvalue weighted by Gasteiger charge is 2.29. The van der Waals surface area contributed by atoms with Crippen LogP contribution in [0.15, 0.2) is 53.0 Å². The number of benzene rings is 1. The van der Waals surface area contributed by atoms with Gasteiger partial charge in [-0.05, 0) is 64.1 Å². The molecule has 0 amide bonds. The van der Waals surface area contributed by atoms with Crippen LogP contribution in [0.25, 0.3) is 0 Å². The zero-order chi connectivity index (χ0) is 19.1. The largest absolute Gasteiger partial charge is 0.312 e. The molecule has 1 aromatic rings. The number of aryl methyl sites for hydroxylation is 1. The van der Waals surface area contributed by atoms with Crippen molar-refractivity contribution in [3.8, 4) is 0 Å². The molecule has 5 heteroatoms. The molecule has 0 spiro atoms. The van der Waals surface area contributed by atoms with Gasteiger partial charge in [-0.15, -0.1) is 0 Å². The van der Waals surface area contributed by atoms with Crippen molar-refractivity contribution >= 4 is 10.0 Å². The van der Waals surface area contributed by atoms with Gasteiger partial charge < -0.3 is 5.32 Å². The number of nitrogens with one attached hydrogen (secondary N) is 2. The molecular weight excluding hydrogens is 356 g/mol. The van der Waals surface area contributed by atoms with Gasteiger partial charge in [0.1, 0.15) is 0 Å². The topological polar surface area (TPSA) is 58.2 Å².